The van der Waals surface area contributed by atoms with Gasteiger partial charge in [0.15, 0.2) is 0 Å². The number of alkyl carbamates (subject to hydrolysis) is 1. The first kappa shape index (κ1) is 26.6. The molecule has 28 heavy (non-hydrogen) atoms. The van der Waals surface area contributed by atoms with Crippen LogP contribution in [0.2, 0.25) is 0 Å². The summed E-state index contributed by atoms with van der Waals surface area (Å²) < 4.78 is 5.43. The number of likely N-dealkylation sites (N-methyl/N-ethyl adjacent to an activating group) is 1. The van der Waals surface area contributed by atoms with E-state index in [0.717, 1.165) is 32.1 Å². The second-order valence-corrected chi connectivity index (χ2v) is 8.61. The highest BCUT2D eigenvalue weighted by molar-refractivity contribution is 5.84. The summed E-state index contributed by atoms with van der Waals surface area (Å²) in [6, 6.07) is 0.122. The molecule has 0 bridgehead atoms. The molecule has 0 spiro atoms. The molecule has 0 aromatic rings. The Balaban J connectivity index is 3.90. The normalized spacial score (nSPS) is 12.6. The summed E-state index contributed by atoms with van der Waals surface area (Å²) in [5, 5.41) is 12.3. The third kappa shape index (κ3) is 13.7. The fourth-order valence-corrected chi connectivity index (χ4v) is 3.21. The van der Waals surface area contributed by atoms with Gasteiger partial charge in [-0.2, -0.15) is 0 Å². The molecule has 0 aromatic carbocycles. The van der Waals surface area contributed by atoms with Gasteiger partial charge in [-0.15, -0.1) is 6.58 Å². The van der Waals surface area contributed by atoms with Crippen molar-refractivity contribution in [2.24, 2.45) is 5.92 Å². The molecular formula is C22H43N2O4+. The highest BCUT2D eigenvalue weighted by Gasteiger charge is 2.28. The van der Waals surface area contributed by atoms with Crippen LogP contribution in [0.25, 0.3) is 0 Å². The topological polar surface area (TPSA) is 75.6 Å². The predicted octanol–water partition coefficient (Wildman–Crippen LogP) is 4.03. The van der Waals surface area contributed by atoms with Crippen molar-refractivity contribution in [2.75, 3.05) is 33.8 Å². The zero-order valence-corrected chi connectivity index (χ0v) is 18.5. The summed E-state index contributed by atoms with van der Waals surface area (Å²) in [6.45, 7) is 9.15. The van der Waals surface area contributed by atoms with Crippen molar-refractivity contribution >= 4 is 12.1 Å². The van der Waals surface area contributed by atoms with E-state index < -0.39 is 12.1 Å². The van der Waals surface area contributed by atoms with E-state index in [-0.39, 0.29) is 19.1 Å². The van der Waals surface area contributed by atoms with Crippen LogP contribution in [0.3, 0.4) is 0 Å². The largest absolute Gasteiger partial charge is 0.415 e. The lowest BCUT2D eigenvalue weighted by molar-refractivity contribution is -0.915. The molecule has 0 heterocycles. The Morgan fingerprint density at radius 2 is 1.71 bits per heavy atom. The summed E-state index contributed by atoms with van der Waals surface area (Å²) in [5.41, 5.74) is 0. The molecule has 164 valence electrons. The van der Waals surface area contributed by atoms with E-state index >= 15 is 0 Å². The molecule has 0 aliphatic rings. The lowest BCUT2D eigenvalue weighted by atomic mass is 10.0. The van der Waals surface area contributed by atoms with Crippen LogP contribution in [0.1, 0.15) is 71.6 Å². The summed E-state index contributed by atoms with van der Waals surface area (Å²) in [7, 11) is 4.08. The molecule has 6 heteroatoms. The van der Waals surface area contributed by atoms with Crippen molar-refractivity contribution in [3.05, 3.63) is 12.7 Å². The van der Waals surface area contributed by atoms with E-state index in [9.17, 15) is 14.7 Å². The Morgan fingerprint density at radius 3 is 2.29 bits per heavy atom. The van der Waals surface area contributed by atoms with Gasteiger partial charge in [-0.25, -0.2) is 4.79 Å². The molecular weight excluding hydrogens is 356 g/mol. The lowest BCUT2D eigenvalue weighted by Crippen LogP contribution is -2.54. The van der Waals surface area contributed by atoms with Gasteiger partial charge in [0.05, 0.1) is 33.8 Å². The number of nitrogens with zero attached hydrogens (tertiary/aromatic N) is 1. The number of hydrogen-bond acceptors (Lipinski definition) is 4. The molecule has 0 fully saturated rings. The molecule has 0 radical (unpaired) electrons. The van der Waals surface area contributed by atoms with E-state index in [0.29, 0.717) is 23.5 Å². The molecule has 0 saturated heterocycles. The number of carbonyl (C=O) groups is 2. The average Bonchev–Trinajstić information content (AvgIpc) is 2.61. The number of rotatable bonds is 16. The van der Waals surface area contributed by atoms with E-state index in [1.165, 1.54) is 19.3 Å². The van der Waals surface area contributed by atoms with E-state index in [4.69, 9.17) is 4.74 Å². The first-order chi connectivity index (χ1) is 13.2. The van der Waals surface area contributed by atoms with Gasteiger partial charge in [0, 0.05) is 12.8 Å². The minimum atomic E-state index is -0.682. The van der Waals surface area contributed by atoms with Crippen LogP contribution in [0.5, 0.6) is 0 Å². The van der Waals surface area contributed by atoms with Crippen LogP contribution in [0, 0.1) is 5.92 Å². The number of allylic oxidation sites excluding steroid dienone is 1. The molecule has 1 amide bonds. The van der Waals surface area contributed by atoms with Crippen LogP contribution < -0.4 is 5.32 Å². The second-order valence-electron chi connectivity index (χ2n) is 8.61. The van der Waals surface area contributed by atoms with Gasteiger partial charge in [0.2, 0.25) is 0 Å². The average molecular weight is 400 g/mol. The van der Waals surface area contributed by atoms with Crippen molar-refractivity contribution in [3.63, 3.8) is 0 Å². The molecule has 0 aliphatic carbocycles. The highest BCUT2D eigenvalue weighted by atomic mass is 16.6. The SMILES string of the molecule is C=CCCCCCCCCC(=O)OC(=O)NCC[N+](C)(C)[C@H](CO)CC(C)C. The van der Waals surface area contributed by atoms with Gasteiger partial charge < -0.3 is 19.6 Å². The fraction of sp³-hybridized carbons (Fsp3) is 0.818. The standard InChI is InChI=1S/C22H42N2O4/c1-6-7-8-9-10-11-12-13-14-21(26)28-22(27)23-15-16-24(4,5)20(18-25)17-19(2)3/h6,19-20,25H,1,7-18H2,2-5H3/p+1/t20-/m0/s1. The van der Waals surface area contributed by atoms with Gasteiger partial charge in [0.25, 0.3) is 0 Å². The third-order valence-corrected chi connectivity index (χ3v) is 5.15. The third-order valence-electron chi connectivity index (χ3n) is 5.15. The molecule has 6 nitrogen and oxygen atoms in total. The van der Waals surface area contributed by atoms with Crippen molar-refractivity contribution in [3.8, 4) is 0 Å². The maximum atomic E-state index is 11.8. The van der Waals surface area contributed by atoms with Crippen molar-refractivity contribution in [2.45, 2.75) is 77.7 Å². The van der Waals surface area contributed by atoms with Crippen LogP contribution >= 0.6 is 0 Å². The zero-order valence-electron chi connectivity index (χ0n) is 18.5. The quantitative estimate of drug-likeness (QED) is 0.135. The summed E-state index contributed by atoms with van der Waals surface area (Å²) >= 11 is 0. The summed E-state index contributed by atoms with van der Waals surface area (Å²) in [5.74, 6) is 0.0307. The first-order valence-corrected chi connectivity index (χ1v) is 10.8. The Hall–Kier alpha value is -1.40. The van der Waals surface area contributed by atoms with Gasteiger partial charge in [-0.05, 0) is 25.2 Å². The monoisotopic (exact) mass is 399 g/mol. The first-order valence-electron chi connectivity index (χ1n) is 10.8. The van der Waals surface area contributed by atoms with Crippen LogP contribution in [0.4, 0.5) is 4.79 Å². The van der Waals surface area contributed by atoms with Gasteiger partial charge in [0.1, 0.15) is 6.04 Å². The summed E-state index contributed by atoms with van der Waals surface area (Å²) in [4.78, 5) is 23.5. The fourth-order valence-electron chi connectivity index (χ4n) is 3.21. The molecule has 0 saturated carbocycles. The maximum absolute atomic E-state index is 11.8. The van der Waals surface area contributed by atoms with E-state index in [1.54, 1.807) is 0 Å². The number of esters is 1. The van der Waals surface area contributed by atoms with Crippen molar-refractivity contribution in [1.82, 2.24) is 5.32 Å². The number of unbranched alkanes of at least 4 members (excludes halogenated alkanes) is 6. The number of aliphatic hydroxyl groups excluding tert-OH is 1. The number of amides is 1. The minimum Gasteiger partial charge on any atom is -0.390 e. The molecule has 1 atom stereocenters. The molecule has 0 rings (SSSR count). The number of aliphatic hydroxyl groups is 1. The van der Waals surface area contributed by atoms with E-state index in [1.807, 2.05) is 20.2 Å². The smallest absolute Gasteiger partial charge is 0.390 e. The summed E-state index contributed by atoms with van der Waals surface area (Å²) in [6.07, 6.45) is 9.91. The molecule has 2 N–H and O–H groups in total. The minimum absolute atomic E-state index is 0.113. The Labute approximate surface area is 171 Å². The van der Waals surface area contributed by atoms with Crippen LogP contribution in [-0.4, -0.2) is 61.5 Å². The van der Waals surface area contributed by atoms with Crippen LogP contribution in [0.15, 0.2) is 12.7 Å². The number of hydrogen-bond donors (Lipinski definition) is 2. The zero-order chi connectivity index (χ0) is 21.4. The second kappa shape index (κ2) is 15.5. The number of quaternary nitrogens is 1. The number of carbonyl (C=O) groups excluding carboxylic acids is 2. The Morgan fingerprint density at radius 1 is 1.11 bits per heavy atom. The number of nitrogens with one attached hydrogen (secondary N) is 1. The Kier molecular flexibility index (Phi) is 14.7. The van der Waals surface area contributed by atoms with Gasteiger partial charge in [-0.3, -0.25) is 4.79 Å². The van der Waals surface area contributed by atoms with Crippen LogP contribution in [-0.2, 0) is 9.53 Å². The molecule has 0 unspecified atom stereocenters. The van der Waals surface area contributed by atoms with Crippen molar-refractivity contribution < 1.29 is 23.9 Å². The van der Waals surface area contributed by atoms with Crippen molar-refractivity contribution in [1.29, 1.82) is 0 Å². The maximum Gasteiger partial charge on any atom is 0.415 e. The van der Waals surface area contributed by atoms with E-state index in [2.05, 4.69) is 25.7 Å². The van der Waals surface area contributed by atoms with Gasteiger partial charge in [-0.1, -0.05) is 45.6 Å². The Bertz CT molecular complexity index is 450. The van der Waals surface area contributed by atoms with Gasteiger partial charge >= 0.3 is 12.1 Å². The lowest BCUT2D eigenvalue weighted by Gasteiger charge is -2.38. The predicted molar refractivity (Wildman–Crippen MR) is 114 cm³/mol. The highest BCUT2D eigenvalue weighted by Crippen LogP contribution is 2.15. The number of ether oxygens (including phenoxy) is 1. The molecule has 0 aliphatic heterocycles. The molecule has 0 aromatic heterocycles.